The van der Waals surface area contributed by atoms with Gasteiger partial charge in [0.05, 0.1) is 12.8 Å². The van der Waals surface area contributed by atoms with E-state index in [-0.39, 0.29) is 25.0 Å². The van der Waals surface area contributed by atoms with Crippen LogP contribution in [0.25, 0.3) is 0 Å². The lowest BCUT2D eigenvalue weighted by atomic mass is 9.91. The van der Waals surface area contributed by atoms with Crippen LogP contribution in [0.3, 0.4) is 0 Å². The minimum absolute atomic E-state index is 0.000418. The summed E-state index contributed by atoms with van der Waals surface area (Å²) in [5, 5.41) is 8.47. The van der Waals surface area contributed by atoms with Crippen LogP contribution in [0.4, 0.5) is 14.5 Å². The van der Waals surface area contributed by atoms with Gasteiger partial charge in [-0.25, -0.2) is 13.6 Å². The number of nitrogens with one attached hydrogen (secondary N) is 2. The third-order valence-electron chi connectivity index (χ3n) is 4.51. The second-order valence-electron chi connectivity index (χ2n) is 7.00. The second kappa shape index (κ2) is 11.0. The summed E-state index contributed by atoms with van der Waals surface area (Å²) in [6, 6.07) is 9.20. The molecule has 0 bridgehead atoms. The zero-order valence-electron chi connectivity index (χ0n) is 17.7. The topological polar surface area (TPSA) is 123 Å². The number of hydrogen-bond acceptors (Lipinski definition) is 6. The van der Waals surface area contributed by atoms with Crippen LogP contribution in [0, 0.1) is 11.6 Å². The Morgan fingerprint density at radius 3 is 2.22 bits per heavy atom. The fourth-order valence-corrected chi connectivity index (χ4v) is 2.89. The summed E-state index contributed by atoms with van der Waals surface area (Å²) in [6.07, 6.45) is 0.992. The van der Waals surface area contributed by atoms with Gasteiger partial charge in [-0.05, 0) is 49.2 Å². The SMILES string of the molecule is CCOC(=O)C(C)(NC(=O)CCC(=O)Nc1ccc(C=NN)cc1)c1cc(F)cc(F)c1. The van der Waals surface area contributed by atoms with Crippen molar-refractivity contribution in [3.63, 3.8) is 0 Å². The average Bonchev–Trinajstić information content (AvgIpc) is 2.73. The Balaban J connectivity index is 2.04. The van der Waals surface area contributed by atoms with Crippen molar-refractivity contribution in [2.75, 3.05) is 11.9 Å². The lowest BCUT2D eigenvalue weighted by Crippen LogP contribution is -2.50. The van der Waals surface area contributed by atoms with Crippen molar-refractivity contribution in [1.29, 1.82) is 0 Å². The number of carbonyl (C=O) groups is 3. The van der Waals surface area contributed by atoms with Gasteiger partial charge in [-0.1, -0.05) is 12.1 Å². The Labute approximate surface area is 183 Å². The summed E-state index contributed by atoms with van der Waals surface area (Å²) in [5.41, 5.74) is -0.701. The number of hydrogen-bond donors (Lipinski definition) is 3. The lowest BCUT2D eigenvalue weighted by Gasteiger charge is -2.29. The van der Waals surface area contributed by atoms with Gasteiger partial charge in [-0.2, -0.15) is 5.10 Å². The van der Waals surface area contributed by atoms with Crippen LogP contribution in [-0.4, -0.2) is 30.6 Å². The zero-order chi connectivity index (χ0) is 23.7. The van der Waals surface area contributed by atoms with Crippen LogP contribution < -0.4 is 16.5 Å². The second-order valence-corrected chi connectivity index (χ2v) is 7.00. The summed E-state index contributed by atoms with van der Waals surface area (Å²) in [5.74, 6) is 1.26. The van der Waals surface area contributed by atoms with Crippen molar-refractivity contribution < 1.29 is 27.9 Å². The number of esters is 1. The van der Waals surface area contributed by atoms with E-state index in [1.54, 1.807) is 31.2 Å². The van der Waals surface area contributed by atoms with Gasteiger partial charge in [-0.15, -0.1) is 0 Å². The van der Waals surface area contributed by atoms with Crippen molar-refractivity contribution in [1.82, 2.24) is 5.32 Å². The van der Waals surface area contributed by atoms with Crippen LogP contribution in [0.15, 0.2) is 47.6 Å². The standard InChI is InChI=1S/C22H24F2N4O4/c1-3-32-21(31)22(2,15-10-16(23)12-17(24)11-15)28-20(30)9-8-19(29)27-18-6-4-14(5-7-18)13-26-25/h4-7,10-13H,3,8-9,25H2,1-2H3,(H,27,29)(H,28,30). The smallest absolute Gasteiger partial charge is 0.336 e. The van der Waals surface area contributed by atoms with E-state index in [0.717, 1.165) is 17.7 Å². The summed E-state index contributed by atoms with van der Waals surface area (Å²) in [6.45, 7) is 2.84. The maximum Gasteiger partial charge on any atom is 0.336 e. The molecule has 0 fully saturated rings. The maximum absolute atomic E-state index is 13.7. The van der Waals surface area contributed by atoms with Gasteiger partial charge in [0.2, 0.25) is 11.8 Å². The van der Waals surface area contributed by atoms with E-state index in [1.165, 1.54) is 13.1 Å². The third-order valence-corrected chi connectivity index (χ3v) is 4.51. The molecule has 2 amide bonds. The highest BCUT2D eigenvalue weighted by molar-refractivity contribution is 5.95. The van der Waals surface area contributed by atoms with E-state index >= 15 is 0 Å². The fourth-order valence-electron chi connectivity index (χ4n) is 2.89. The first-order chi connectivity index (χ1) is 15.2. The first-order valence-corrected chi connectivity index (χ1v) is 9.76. The van der Waals surface area contributed by atoms with Crippen molar-refractivity contribution >= 4 is 29.7 Å². The van der Waals surface area contributed by atoms with Crippen LogP contribution in [0.2, 0.25) is 0 Å². The van der Waals surface area contributed by atoms with Gasteiger partial charge in [-0.3, -0.25) is 9.59 Å². The highest BCUT2D eigenvalue weighted by Gasteiger charge is 2.39. The average molecular weight is 446 g/mol. The third kappa shape index (κ3) is 6.59. The monoisotopic (exact) mass is 446 g/mol. The van der Waals surface area contributed by atoms with Crippen LogP contribution in [-0.2, 0) is 24.7 Å². The summed E-state index contributed by atoms with van der Waals surface area (Å²) < 4.78 is 32.4. The molecule has 0 aliphatic carbocycles. The first kappa shape index (κ1) is 24.4. The molecule has 1 atom stereocenters. The summed E-state index contributed by atoms with van der Waals surface area (Å²) in [4.78, 5) is 37.1. The molecule has 0 aromatic heterocycles. The van der Waals surface area contributed by atoms with Crippen LogP contribution in [0.5, 0.6) is 0 Å². The molecule has 2 aromatic rings. The fraction of sp³-hybridized carbons (Fsp3) is 0.273. The molecule has 1 unspecified atom stereocenters. The van der Waals surface area contributed by atoms with E-state index in [2.05, 4.69) is 15.7 Å². The highest BCUT2D eigenvalue weighted by Crippen LogP contribution is 2.25. The number of halogens is 2. The van der Waals surface area contributed by atoms with E-state index in [4.69, 9.17) is 10.6 Å². The number of nitrogens with zero attached hydrogens (tertiary/aromatic N) is 1. The van der Waals surface area contributed by atoms with Gasteiger partial charge >= 0.3 is 5.97 Å². The molecule has 2 aromatic carbocycles. The number of rotatable bonds is 9. The predicted octanol–water partition coefficient (Wildman–Crippen LogP) is 2.57. The normalized spacial score (nSPS) is 12.8. The molecule has 0 aliphatic rings. The molecule has 4 N–H and O–H groups in total. The number of hydrazone groups is 1. The van der Waals surface area contributed by atoms with Crippen molar-refractivity contribution in [3.05, 3.63) is 65.2 Å². The van der Waals surface area contributed by atoms with Gasteiger partial charge in [0.1, 0.15) is 11.6 Å². The Morgan fingerprint density at radius 1 is 1.06 bits per heavy atom. The van der Waals surface area contributed by atoms with Crippen molar-refractivity contribution in [2.45, 2.75) is 32.2 Å². The highest BCUT2D eigenvalue weighted by atomic mass is 19.1. The number of benzene rings is 2. The molecular weight excluding hydrogens is 422 g/mol. The molecule has 32 heavy (non-hydrogen) atoms. The molecule has 0 aliphatic heterocycles. The maximum atomic E-state index is 13.7. The van der Waals surface area contributed by atoms with Crippen LogP contribution >= 0.6 is 0 Å². The number of ether oxygens (including phenoxy) is 1. The largest absolute Gasteiger partial charge is 0.464 e. The van der Waals surface area contributed by atoms with Crippen molar-refractivity contribution in [2.24, 2.45) is 10.9 Å². The molecule has 0 heterocycles. The Hall–Kier alpha value is -3.82. The summed E-state index contributed by atoms with van der Waals surface area (Å²) >= 11 is 0. The number of anilines is 1. The van der Waals surface area contributed by atoms with Gasteiger partial charge in [0, 0.05) is 24.6 Å². The summed E-state index contributed by atoms with van der Waals surface area (Å²) in [7, 11) is 0. The lowest BCUT2D eigenvalue weighted by molar-refractivity contribution is -0.153. The molecule has 0 saturated carbocycles. The van der Waals surface area contributed by atoms with E-state index in [9.17, 15) is 23.2 Å². The zero-order valence-corrected chi connectivity index (χ0v) is 17.7. The predicted molar refractivity (Wildman–Crippen MR) is 115 cm³/mol. The Bertz CT molecular complexity index is 991. The Morgan fingerprint density at radius 2 is 1.66 bits per heavy atom. The molecule has 0 saturated heterocycles. The molecule has 8 nitrogen and oxygen atoms in total. The van der Waals surface area contributed by atoms with Gasteiger partial charge < -0.3 is 21.2 Å². The molecule has 2 rings (SSSR count). The molecule has 0 spiro atoms. The van der Waals surface area contributed by atoms with E-state index in [0.29, 0.717) is 11.8 Å². The van der Waals surface area contributed by atoms with Crippen molar-refractivity contribution in [3.8, 4) is 0 Å². The number of carbonyl (C=O) groups excluding carboxylic acids is 3. The molecule has 10 heteroatoms. The molecule has 0 radical (unpaired) electrons. The quantitative estimate of drug-likeness (QED) is 0.236. The van der Waals surface area contributed by atoms with Crippen LogP contribution in [0.1, 0.15) is 37.8 Å². The molecule has 170 valence electrons. The molecular formula is C22H24F2N4O4. The Kier molecular flexibility index (Phi) is 8.39. The van der Waals surface area contributed by atoms with E-state index < -0.39 is 35.0 Å². The first-order valence-electron chi connectivity index (χ1n) is 9.76. The number of amides is 2. The van der Waals surface area contributed by atoms with Gasteiger partial charge in [0.25, 0.3) is 0 Å². The minimum Gasteiger partial charge on any atom is -0.464 e. The number of nitrogens with two attached hydrogens (primary N) is 1. The van der Waals surface area contributed by atoms with E-state index in [1.807, 2.05) is 0 Å². The van der Waals surface area contributed by atoms with Gasteiger partial charge in [0.15, 0.2) is 5.54 Å². The minimum atomic E-state index is -1.84.